The zero-order valence-electron chi connectivity index (χ0n) is 11.6. The zero-order chi connectivity index (χ0) is 15.3. The standard InChI is InChI=1S/C15H18N2O4/c18-12(16-10-13(19)20)9-17-14(21)15(7-4-8-15)11-5-2-1-3-6-11/h1-3,5-6H,4,7-10H2,(H,16,18)(H,17,21)(H,19,20). The summed E-state index contributed by atoms with van der Waals surface area (Å²) in [6.07, 6.45) is 2.51. The van der Waals surface area contributed by atoms with E-state index in [0.29, 0.717) is 0 Å². The Labute approximate surface area is 122 Å². The Hall–Kier alpha value is -2.37. The Balaban J connectivity index is 1.93. The van der Waals surface area contributed by atoms with Gasteiger partial charge in [-0.3, -0.25) is 14.4 Å². The first-order chi connectivity index (χ1) is 10.0. The molecular formula is C15H18N2O4. The first-order valence-corrected chi connectivity index (χ1v) is 6.87. The number of nitrogens with one attached hydrogen (secondary N) is 2. The lowest BCUT2D eigenvalue weighted by molar-refractivity contribution is -0.138. The third-order valence-electron chi connectivity index (χ3n) is 3.81. The van der Waals surface area contributed by atoms with Gasteiger partial charge in [0.2, 0.25) is 11.8 Å². The van der Waals surface area contributed by atoms with Crippen LogP contribution in [-0.2, 0) is 19.8 Å². The van der Waals surface area contributed by atoms with Gasteiger partial charge in [-0.2, -0.15) is 0 Å². The molecule has 3 N–H and O–H groups in total. The molecule has 1 aromatic carbocycles. The van der Waals surface area contributed by atoms with E-state index in [1.165, 1.54) is 0 Å². The summed E-state index contributed by atoms with van der Waals surface area (Å²) in [4.78, 5) is 34.2. The predicted molar refractivity (Wildman–Crippen MR) is 75.6 cm³/mol. The van der Waals surface area contributed by atoms with Crippen molar-refractivity contribution < 1.29 is 19.5 Å². The maximum Gasteiger partial charge on any atom is 0.322 e. The first-order valence-electron chi connectivity index (χ1n) is 6.87. The number of carbonyl (C=O) groups excluding carboxylic acids is 2. The average molecular weight is 290 g/mol. The summed E-state index contributed by atoms with van der Waals surface area (Å²) in [5, 5.41) is 13.3. The van der Waals surface area contributed by atoms with Gasteiger partial charge in [0.15, 0.2) is 0 Å². The van der Waals surface area contributed by atoms with E-state index in [4.69, 9.17) is 5.11 Å². The fourth-order valence-corrected chi connectivity index (χ4v) is 2.50. The average Bonchev–Trinajstić information content (AvgIpc) is 2.43. The second kappa shape index (κ2) is 6.39. The Morgan fingerprint density at radius 2 is 1.71 bits per heavy atom. The largest absolute Gasteiger partial charge is 0.480 e. The summed E-state index contributed by atoms with van der Waals surface area (Å²) in [6.45, 7) is -0.654. The lowest BCUT2D eigenvalue weighted by Crippen LogP contribution is -2.51. The van der Waals surface area contributed by atoms with Crippen molar-refractivity contribution in [3.63, 3.8) is 0 Å². The SMILES string of the molecule is O=C(O)CNC(=O)CNC(=O)C1(c2ccccc2)CCC1. The number of benzene rings is 1. The van der Waals surface area contributed by atoms with E-state index in [2.05, 4.69) is 10.6 Å². The molecule has 2 rings (SSSR count). The summed E-state index contributed by atoms with van der Waals surface area (Å²) in [5.41, 5.74) is 0.411. The number of carbonyl (C=O) groups is 3. The number of hydrogen-bond acceptors (Lipinski definition) is 3. The number of amides is 2. The fourth-order valence-electron chi connectivity index (χ4n) is 2.50. The molecule has 0 bridgehead atoms. The smallest absolute Gasteiger partial charge is 0.322 e. The zero-order valence-corrected chi connectivity index (χ0v) is 11.6. The summed E-state index contributed by atoms with van der Waals surface area (Å²) < 4.78 is 0. The van der Waals surface area contributed by atoms with E-state index in [1.54, 1.807) is 0 Å². The van der Waals surface area contributed by atoms with Crippen LogP contribution in [0.2, 0.25) is 0 Å². The van der Waals surface area contributed by atoms with Crippen molar-refractivity contribution >= 4 is 17.8 Å². The van der Waals surface area contributed by atoms with Crippen LogP contribution >= 0.6 is 0 Å². The second-order valence-electron chi connectivity index (χ2n) is 5.15. The number of carboxylic acids is 1. The van der Waals surface area contributed by atoms with E-state index < -0.39 is 23.8 Å². The third-order valence-corrected chi connectivity index (χ3v) is 3.81. The molecule has 0 radical (unpaired) electrons. The molecule has 1 aliphatic rings. The molecule has 1 fully saturated rings. The quantitative estimate of drug-likeness (QED) is 0.708. The number of hydrogen-bond donors (Lipinski definition) is 3. The Kier molecular flexibility index (Phi) is 4.57. The summed E-state index contributed by atoms with van der Waals surface area (Å²) in [5.74, 6) is -1.80. The van der Waals surface area contributed by atoms with Crippen LogP contribution in [0.3, 0.4) is 0 Å². The van der Waals surface area contributed by atoms with Crippen LogP contribution in [0.4, 0.5) is 0 Å². The van der Waals surface area contributed by atoms with E-state index in [-0.39, 0.29) is 12.5 Å². The van der Waals surface area contributed by atoms with Gasteiger partial charge in [0.1, 0.15) is 6.54 Å². The van der Waals surface area contributed by atoms with Gasteiger partial charge in [0.25, 0.3) is 0 Å². The molecule has 112 valence electrons. The van der Waals surface area contributed by atoms with Crippen LogP contribution in [0.15, 0.2) is 30.3 Å². The van der Waals surface area contributed by atoms with Crippen molar-refractivity contribution in [2.24, 2.45) is 0 Å². The molecule has 0 aromatic heterocycles. The molecule has 0 heterocycles. The molecule has 6 nitrogen and oxygen atoms in total. The van der Waals surface area contributed by atoms with Crippen molar-refractivity contribution in [2.45, 2.75) is 24.7 Å². The molecule has 0 unspecified atom stereocenters. The van der Waals surface area contributed by atoms with E-state index in [0.717, 1.165) is 24.8 Å². The summed E-state index contributed by atoms with van der Waals surface area (Å²) in [7, 11) is 0. The van der Waals surface area contributed by atoms with E-state index >= 15 is 0 Å². The molecule has 1 saturated carbocycles. The van der Waals surface area contributed by atoms with Gasteiger partial charge in [-0.25, -0.2) is 0 Å². The molecule has 0 saturated heterocycles. The predicted octanol–water partition coefficient (Wildman–Crippen LogP) is 0.425. The maximum atomic E-state index is 12.4. The Morgan fingerprint density at radius 3 is 2.24 bits per heavy atom. The minimum absolute atomic E-state index is 0.176. The van der Waals surface area contributed by atoms with Crippen LogP contribution < -0.4 is 10.6 Å². The van der Waals surface area contributed by atoms with Crippen LogP contribution in [0.5, 0.6) is 0 Å². The van der Waals surface area contributed by atoms with Gasteiger partial charge in [-0.1, -0.05) is 36.8 Å². The molecular weight excluding hydrogens is 272 g/mol. The molecule has 0 spiro atoms. The van der Waals surface area contributed by atoms with Crippen molar-refractivity contribution in [2.75, 3.05) is 13.1 Å². The Bertz CT molecular complexity index is 538. The molecule has 2 amide bonds. The highest BCUT2D eigenvalue weighted by Crippen LogP contribution is 2.43. The number of aliphatic carboxylic acids is 1. The van der Waals surface area contributed by atoms with Gasteiger partial charge < -0.3 is 15.7 Å². The van der Waals surface area contributed by atoms with Gasteiger partial charge >= 0.3 is 5.97 Å². The van der Waals surface area contributed by atoms with Crippen molar-refractivity contribution in [1.29, 1.82) is 0 Å². The van der Waals surface area contributed by atoms with Crippen LogP contribution in [-0.4, -0.2) is 36.0 Å². The molecule has 6 heteroatoms. The molecule has 21 heavy (non-hydrogen) atoms. The third kappa shape index (κ3) is 3.39. The second-order valence-corrected chi connectivity index (χ2v) is 5.15. The number of carboxylic acid groups (broad SMARTS) is 1. The highest BCUT2D eigenvalue weighted by atomic mass is 16.4. The molecule has 1 aliphatic carbocycles. The molecule has 0 aliphatic heterocycles. The lowest BCUT2D eigenvalue weighted by Gasteiger charge is -2.40. The fraction of sp³-hybridized carbons (Fsp3) is 0.400. The summed E-state index contributed by atoms with van der Waals surface area (Å²) in [6, 6.07) is 9.52. The van der Waals surface area contributed by atoms with E-state index in [9.17, 15) is 14.4 Å². The highest BCUT2D eigenvalue weighted by Gasteiger charge is 2.45. The van der Waals surface area contributed by atoms with Crippen LogP contribution in [0, 0.1) is 0 Å². The first kappa shape index (κ1) is 15.0. The maximum absolute atomic E-state index is 12.4. The monoisotopic (exact) mass is 290 g/mol. The highest BCUT2D eigenvalue weighted by molar-refractivity contribution is 5.92. The van der Waals surface area contributed by atoms with Crippen molar-refractivity contribution in [3.05, 3.63) is 35.9 Å². The number of rotatable bonds is 6. The normalized spacial score (nSPS) is 15.6. The van der Waals surface area contributed by atoms with Crippen LogP contribution in [0.1, 0.15) is 24.8 Å². The minimum atomic E-state index is -1.12. The molecule has 0 atom stereocenters. The van der Waals surface area contributed by atoms with Gasteiger partial charge in [-0.05, 0) is 18.4 Å². The van der Waals surface area contributed by atoms with Gasteiger partial charge in [0.05, 0.1) is 12.0 Å². The lowest BCUT2D eigenvalue weighted by atomic mass is 9.64. The van der Waals surface area contributed by atoms with Crippen LogP contribution in [0.25, 0.3) is 0 Å². The Morgan fingerprint density at radius 1 is 1.05 bits per heavy atom. The molecule has 1 aromatic rings. The summed E-state index contributed by atoms with van der Waals surface area (Å²) >= 11 is 0. The van der Waals surface area contributed by atoms with Crippen molar-refractivity contribution in [3.8, 4) is 0 Å². The van der Waals surface area contributed by atoms with Gasteiger partial charge in [-0.15, -0.1) is 0 Å². The minimum Gasteiger partial charge on any atom is -0.480 e. The van der Waals surface area contributed by atoms with Crippen molar-refractivity contribution in [1.82, 2.24) is 10.6 Å². The van der Waals surface area contributed by atoms with Gasteiger partial charge in [0, 0.05) is 0 Å². The topological polar surface area (TPSA) is 95.5 Å². The van der Waals surface area contributed by atoms with E-state index in [1.807, 2.05) is 30.3 Å².